The van der Waals surface area contributed by atoms with Gasteiger partial charge in [0.2, 0.25) is 0 Å². The average Bonchev–Trinajstić information content (AvgIpc) is 3.28. The van der Waals surface area contributed by atoms with Crippen molar-refractivity contribution in [2.24, 2.45) is 0 Å². The Bertz CT molecular complexity index is 1410. The lowest BCUT2D eigenvalue weighted by Gasteiger charge is -2.10. The van der Waals surface area contributed by atoms with Crippen LogP contribution in [0.2, 0.25) is 0 Å². The van der Waals surface area contributed by atoms with Gasteiger partial charge in [-0.2, -0.15) is 5.10 Å². The van der Waals surface area contributed by atoms with Crippen LogP contribution in [0, 0.1) is 0 Å². The van der Waals surface area contributed by atoms with Crippen LogP contribution in [-0.4, -0.2) is 31.9 Å². The van der Waals surface area contributed by atoms with Gasteiger partial charge in [0, 0.05) is 28.9 Å². The molecule has 0 saturated carbocycles. The Morgan fingerprint density at radius 2 is 1.52 bits per heavy atom. The molecule has 31 heavy (non-hydrogen) atoms. The molecule has 5 aromatic rings. The highest BCUT2D eigenvalue weighted by Gasteiger charge is 2.21. The summed E-state index contributed by atoms with van der Waals surface area (Å²) in [5, 5.41) is 5.18. The fourth-order valence-corrected chi connectivity index (χ4v) is 3.51. The molecule has 0 N–H and O–H groups in total. The lowest BCUT2D eigenvalue weighted by Crippen LogP contribution is -2.15. The Balaban J connectivity index is 1.68. The van der Waals surface area contributed by atoms with Crippen LogP contribution >= 0.6 is 0 Å². The SMILES string of the molecule is O=Cc1cn(C(=O)c2cc3cccnc3nc2-c2ccccc2)nc1-c1ccccc1. The Kier molecular flexibility index (Phi) is 4.65. The number of aldehydes is 1. The molecule has 6 heteroatoms. The number of fused-ring (bicyclic) bond motifs is 1. The van der Waals surface area contributed by atoms with Crippen molar-refractivity contribution in [3.8, 4) is 22.5 Å². The summed E-state index contributed by atoms with van der Waals surface area (Å²) in [6.45, 7) is 0. The molecule has 0 atom stereocenters. The van der Waals surface area contributed by atoms with Gasteiger partial charge in [-0.05, 0) is 18.2 Å². The maximum atomic E-state index is 13.5. The van der Waals surface area contributed by atoms with Crippen molar-refractivity contribution < 1.29 is 9.59 Å². The van der Waals surface area contributed by atoms with E-state index in [1.54, 1.807) is 18.3 Å². The van der Waals surface area contributed by atoms with E-state index in [1.807, 2.05) is 66.7 Å². The first-order chi connectivity index (χ1) is 15.2. The van der Waals surface area contributed by atoms with E-state index in [2.05, 4.69) is 15.1 Å². The molecule has 148 valence electrons. The molecule has 0 bridgehead atoms. The van der Waals surface area contributed by atoms with Crippen molar-refractivity contribution in [3.05, 3.63) is 102 Å². The van der Waals surface area contributed by atoms with Gasteiger partial charge in [-0.3, -0.25) is 9.59 Å². The molecular weight excluding hydrogens is 388 g/mol. The topological polar surface area (TPSA) is 77.7 Å². The molecule has 0 aliphatic heterocycles. The maximum Gasteiger partial charge on any atom is 0.280 e. The second-order valence-corrected chi connectivity index (χ2v) is 6.97. The van der Waals surface area contributed by atoms with Gasteiger partial charge in [0.25, 0.3) is 5.91 Å². The quantitative estimate of drug-likeness (QED) is 0.407. The van der Waals surface area contributed by atoms with Crippen molar-refractivity contribution in [3.63, 3.8) is 0 Å². The molecule has 0 saturated heterocycles. The fourth-order valence-electron chi connectivity index (χ4n) is 3.51. The van der Waals surface area contributed by atoms with Crippen LogP contribution in [0.25, 0.3) is 33.5 Å². The number of hydrogen-bond acceptors (Lipinski definition) is 5. The molecule has 0 amide bonds. The number of nitrogens with zero attached hydrogens (tertiary/aromatic N) is 4. The van der Waals surface area contributed by atoms with Crippen molar-refractivity contribution >= 4 is 23.2 Å². The van der Waals surface area contributed by atoms with E-state index < -0.39 is 0 Å². The highest BCUT2D eigenvalue weighted by atomic mass is 16.2. The molecule has 5 rings (SSSR count). The first-order valence-electron chi connectivity index (χ1n) is 9.71. The van der Waals surface area contributed by atoms with Crippen LogP contribution in [0.1, 0.15) is 20.7 Å². The largest absolute Gasteiger partial charge is 0.298 e. The van der Waals surface area contributed by atoms with Crippen LogP contribution in [0.5, 0.6) is 0 Å². The number of carbonyl (C=O) groups is 2. The van der Waals surface area contributed by atoms with Crippen LogP contribution in [-0.2, 0) is 0 Å². The van der Waals surface area contributed by atoms with Gasteiger partial charge in [-0.15, -0.1) is 0 Å². The predicted octanol–water partition coefficient (Wildman–Crippen LogP) is 4.66. The summed E-state index contributed by atoms with van der Waals surface area (Å²) >= 11 is 0. The number of pyridine rings is 2. The van der Waals surface area contributed by atoms with Crippen molar-refractivity contribution in [2.75, 3.05) is 0 Å². The number of rotatable bonds is 4. The zero-order valence-corrected chi connectivity index (χ0v) is 16.3. The third kappa shape index (κ3) is 3.40. The Hall–Kier alpha value is -4.45. The zero-order valence-electron chi connectivity index (χ0n) is 16.3. The normalized spacial score (nSPS) is 10.8. The number of carbonyl (C=O) groups excluding carboxylic acids is 2. The molecule has 0 aliphatic rings. The number of hydrogen-bond donors (Lipinski definition) is 0. The lowest BCUT2D eigenvalue weighted by molar-refractivity contribution is 0.0946. The minimum absolute atomic E-state index is 0.344. The molecule has 0 unspecified atom stereocenters. The van der Waals surface area contributed by atoms with Crippen LogP contribution in [0.15, 0.2) is 91.3 Å². The van der Waals surface area contributed by atoms with Gasteiger partial charge in [-0.25, -0.2) is 14.6 Å². The Morgan fingerprint density at radius 3 is 2.19 bits per heavy atom. The molecule has 0 fully saturated rings. The van der Waals surface area contributed by atoms with Gasteiger partial charge in [0.05, 0.1) is 16.8 Å². The molecule has 2 aromatic carbocycles. The minimum atomic E-state index is -0.373. The third-order valence-corrected chi connectivity index (χ3v) is 4.99. The van der Waals surface area contributed by atoms with E-state index in [0.29, 0.717) is 34.4 Å². The molecular formula is C25H16N4O2. The van der Waals surface area contributed by atoms with Crippen molar-refractivity contribution in [2.45, 2.75) is 0 Å². The summed E-state index contributed by atoms with van der Waals surface area (Å²) in [4.78, 5) is 34.1. The molecule has 3 aromatic heterocycles. The minimum Gasteiger partial charge on any atom is -0.298 e. The molecule has 0 aliphatic carbocycles. The third-order valence-electron chi connectivity index (χ3n) is 4.99. The molecule has 0 spiro atoms. The summed E-state index contributed by atoms with van der Waals surface area (Å²) in [5.74, 6) is -0.373. The smallest absolute Gasteiger partial charge is 0.280 e. The van der Waals surface area contributed by atoms with Crippen LogP contribution in [0.3, 0.4) is 0 Å². The first kappa shape index (κ1) is 18.6. The average molecular weight is 404 g/mol. The summed E-state index contributed by atoms with van der Waals surface area (Å²) < 4.78 is 1.21. The molecule has 0 radical (unpaired) electrons. The Morgan fingerprint density at radius 1 is 0.839 bits per heavy atom. The van der Waals surface area contributed by atoms with Crippen LogP contribution in [0.4, 0.5) is 0 Å². The molecule has 6 nitrogen and oxygen atoms in total. The second-order valence-electron chi connectivity index (χ2n) is 6.97. The highest BCUT2D eigenvalue weighted by Crippen LogP contribution is 2.27. The summed E-state index contributed by atoms with van der Waals surface area (Å²) in [5.41, 5.74) is 3.81. The summed E-state index contributed by atoms with van der Waals surface area (Å²) in [7, 11) is 0. The van der Waals surface area contributed by atoms with Crippen LogP contribution < -0.4 is 0 Å². The summed E-state index contributed by atoms with van der Waals surface area (Å²) in [6.07, 6.45) is 3.83. The highest BCUT2D eigenvalue weighted by molar-refractivity contribution is 6.04. The second kappa shape index (κ2) is 7.76. The fraction of sp³-hybridized carbons (Fsp3) is 0. The van der Waals surface area contributed by atoms with Gasteiger partial charge in [0.1, 0.15) is 5.69 Å². The zero-order chi connectivity index (χ0) is 21.2. The van der Waals surface area contributed by atoms with Gasteiger partial charge < -0.3 is 0 Å². The standard InChI is InChI=1S/C25H16N4O2/c30-16-20-15-29(28-22(20)17-8-3-1-4-9-17)25(31)21-14-19-12-7-13-26-24(19)27-23(21)18-10-5-2-6-11-18/h1-16H. The van der Waals surface area contributed by atoms with Gasteiger partial charge in [0.15, 0.2) is 11.9 Å². The monoisotopic (exact) mass is 404 g/mol. The van der Waals surface area contributed by atoms with Crippen molar-refractivity contribution in [1.82, 2.24) is 19.7 Å². The van der Waals surface area contributed by atoms with E-state index in [4.69, 9.17) is 0 Å². The van der Waals surface area contributed by atoms with E-state index in [9.17, 15) is 9.59 Å². The maximum absolute atomic E-state index is 13.5. The Labute approximate surface area is 177 Å². The summed E-state index contributed by atoms with van der Waals surface area (Å²) in [6, 6.07) is 24.2. The molecule has 3 heterocycles. The van der Waals surface area contributed by atoms with E-state index in [1.165, 1.54) is 10.9 Å². The van der Waals surface area contributed by atoms with E-state index in [-0.39, 0.29) is 5.91 Å². The lowest BCUT2D eigenvalue weighted by atomic mass is 10.0. The van der Waals surface area contributed by atoms with E-state index >= 15 is 0 Å². The van der Waals surface area contributed by atoms with Gasteiger partial charge in [-0.1, -0.05) is 60.7 Å². The predicted molar refractivity (Wildman–Crippen MR) is 118 cm³/mol. The number of benzene rings is 2. The van der Waals surface area contributed by atoms with Gasteiger partial charge >= 0.3 is 0 Å². The first-order valence-corrected chi connectivity index (χ1v) is 9.71. The van der Waals surface area contributed by atoms with E-state index in [0.717, 1.165) is 16.5 Å². The number of aromatic nitrogens is 4. The van der Waals surface area contributed by atoms with Crippen molar-refractivity contribution in [1.29, 1.82) is 0 Å².